The zero-order valence-corrected chi connectivity index (χ0v) is 10.2. The molecule has 1 N–H and O–H groups in total. The fourth-order valence-corrected chi connectivity index (χ4v) is 1.94. The average Bonchev–Trinajstić information content (AvgIpc) is 2.32. The monoisotopic (exact) mass is 232 g/mol. The number of carbonyl (C=O) groups is 1. The highest BCUT2D eigenvalue weighted by molar-refractivity contribution is 5.97. The number of aliphatic hydroxyl groups excluding tert-OH is 1. The molecule has 0 heterocycles. The first-order valence-corrected chi connectivity index (χ1v) is 6.03. The van der Waals surface area contributed by atoms with Crippen molar-refractivity contribution in [1.82, 2.24) is 0 Å². The van der Waals surface area contributed by atoms with E-state index in [4.69, 9.17) is 0 Å². The number of aliphatic hydroxyl groups is 1. The molecular formula is C15H20O2. The minimum absolute atomic E-state index is 0.0313. The molecule has 2 heteroatoms. The Morgan fingerprint density at radius 3 is 3.00 bits per heavy atom. The minimum Gasteiger partial charge on any atom is -0.508 e. The van der Waals surface area contributed by atoms with E-state index in [1.165, 1.54) is 6.08 Å². The second kappa shape index (κ2) is 6.89. The van der Waals surface area contributed by atoms with Crippen molar-refractivity contribution >= 4 is 5.78 Å². The molecule has 0 aromatic rings. The van der Waals surface area contributed by atoms with Crippen molar-refractivity contribution in [2.24, 2.45) is 5.92 Å². The lowest BCUT2D eigenvalue weighted by Gasteiger charge is -2.13. The number of allylic oxidation sites excluding steroid dienone is 5. The Kier molecular flexibility index (Phi) is 5.47. The predicted molar refractivity (Wildman–Crippen MR) is 70.8 cm³/mol. The van der Waals surface area contributed by atoms with Gasteiger partial charge in [0.2, 0.25) is 0 Å². The van der Waals surface area contributed by atoms with Crippen LogP contribution in [-0.2, 0) is 4.79 Å². The summed E-state index contributed by atoms with van der Waals surface area (Å²) in [4.78, 5) is 11.8. The molecule has 2 nitrogen and oxygen atoms in total. The van der Waals surface area contributed by atoms with Crippen molar-refractivity contribution in [1.29, 1.82) is 0 Å². The van der Waals surface area contributed by atoms with Crippen LogP contribution in [-0.4, -0.2) is 10.9 Å². The molecule has 1 atom stereocenters. The van der Waals surface area contributed by atoms with Gasteiger partial charge in [0, 0.05) is 12.0 Å². The number of hydrogen-bond donors (Lipinski definition) is 1. The SMILES string of the molecule is C=CCCCC1C/C=C\C(O)=C/C(=C)C(=O)C1. The normalized spacial score (nSPS) is 26.4. The van der Waals surface area contributed by atoms with Gasteiger partial charge in [-0.2, -0.15) is 0 Å². The van der Waals surface area contributed by atoms with Crippen LogP contribution in [0.5, 0.6) is 0 Å². The Balaban J connectivity index is 2.64. The molecule has 0 saturated heterocycles. The van der Waals surface area contributed by atoms with Crippen LogP contribution in [0.1, 0.15) is 32.1 Å². The van der Waals surface area contributed by atoms with Crippen molar-refractivity contribution in [2.45, 2.75) is 32.1 Å². The molecule has 92 valence electrons. The minimum atomic E-state index is 0.0313. The number of ketones is 1. The Bertz CT molecular complexity index is 361. The number of carbonyl (C=O) groups excluding carboxylic acids is 1. The summed E-state index contributed by atoms with van der Waals surface area (Å²) in [6.07, 6.45) is 11.3. The molecule has 0 aromatic heterocycles. The average molecular weight is 232 g/mol. The summed E-state index contributed by atoms with van der Waals surface area (Å²) in [5.41, 5.74) is 0.391. The first-order chi connectivity index (χ1) is 8.13. The summed E-state index contributed by atoms with van der Waals surface area (Å²) in [6.45, 7) is 7.38. The van der Waals surface area contributed by atoms with Gasteiger partial charge in [0.25, 0.3) is 0 Å². The highest BCUT2D eigenvalue weighted by Crippen LogP contribution is 2.22. The van der Waals surface area contributed by atoms with Gasteiger partial charge in [0.05, 0.1) is 0 Å². The molecule has 0 bridgehead atoms. The summed E-state index contributed by atoms with van der Waals surface area (Å²) in [6, 6.07) is 0. The Morgan fingerprint density at radius 2 is 2.29 bits per heavy atom. The molecule has 0 fully saturated rings. The molecule has 0 radical (unpaired) electrons. The highest BCUT2D eigenvalue weighted by atomic mass is 16.3. The van der Waals surface area contributed by atoms with Gasteiger partial charge in [0.1, 0.15) is 5.76 Å². The summed E-state index contributed by atoms with van der Waals surface area (Å²) < 4.78 is 0. The molecule has 0 spiro atoms. The molecule has 0 aromatic carbocycles. The Hall–Kier alpha value is -1.57. The Labute approximate surface area is 103 Å². The largest absolute Gasteiger partial charge is 0.508 e. The molecule has 1 aliphatic rings. The molecule has 1 aliphatic carbocycles. The lowest BCUT2D eigenvalue weighted by molar-refractivity contribution is -0.116. The second-order valence-electron chi connectivity index (χ2n) is 4.45. The maximum Gasteiger partial charge on any atom is 0.162 e. The fourth-order valence-electron chi connectivity index (χ4n) is 1.94. The van der Waals surface area contributed by atoms with Gasteiger partial charge in [-0.05, 0) is 43.8 Å². The topological polar surface area (TPSA) is 37.3 Å². The third-order valence-electron chi connectivity index (χ3n) is 2.93. The first kappa shape index (κ1) is 13.5. The van der Waals surface area contributed by atoms with E-state index in [0.717, 1.165) is 25.7 Å². The van der Waals surface area contributed by atoms with Gasteiger partial charge in [-0.3, -0.25) is 4.79 Å². The number of Topliss-reactive ketones (excluding diaryl/α,β-unsaturated/α-hetero) is 1. The van der Waals surface area contributed by atoms with Gasteiger partial charge in [-0.1, -0.05) is 18.7 Å². The molecule has 0 amide bonds. The predicted octanol–water partition coefficient (Wildman–Crippen LogP) is 3.88. The van der Waals surface area contributed by atoms with Crippen LogP contribution in [0.4, 0.5) is 0 Å². The molecule has 1 unspecified atom stereocenters. The van der Waals surface area contributed by atoms with Crippen LogP contribution in [0.25, 0.3) is 0 Å². The molecule has 1 rings (SSSR count). The van der Waals surface area contributed by atoms with E-state index in [9.17, 15) is 9.90 Å². The number of hydrogen-bond acceptors (Lipinski definition) is 2. The molecule has 0 saturated carbocycles. The van der Waals surface area contributed by atoms with Crippen molar-refractivity contribution < 1.29 is 9.90 Å². The van der Waals surface area contributed by atoms with Gasteiger partial charge in [0.15, 0.2) is 5.78 Å². The van der Waals surface area contributed by atoms with Crippen molar-refractivity contribution in [2.75, 3.05) is 0 Å². The third kappa shape index (κ3) is 4.85. The van der Waals surface area contributed by atoms with Crippen LogP contribution in [0.15, 0.2) is 48.8 Å². The van der Waals surface area contributed by atoms with Gasteiger partial charge in [-0.25, -0.2) is 0 Å². The van der Waals surface area contributed by atoms with Crippen molar-refractivity contribution in [3.8, 4) is 0 Å². The first-order valence-electron chi connectivity index (χ1n) is 6.03. The van der Waals surface area contributed by atoms with Crippen LogP contribution < -0.4 is 0 Å². The Morgan fingerprint density at radius 1 is 1.53 bits per heavy atom. The lowest BCUT2D eigenvalue weighted by atomic mass is 9.91. The van der Waals surface area contributed by atoms with E-state index in [-0.39, 0.29) is 11.5 Å². The zero-order valence-electron chi connectivity index (χ0n) is 10.2. The zero-order chi connectivity index (χ0) is 12.7. The number of rotatable bonds is 4. The van der Waals surface area contributed by atoms with E-state index in [0.29, 0.717) is 17.9 Å². The van der Waals surface area contributed by atoms with E-state index < -0.39 is 0 Å². The van der Waals surface area contributed by atoms with Crippen LogP contribution >= 0.6 is 0 Å². The van der Waals surface area contributed by atoms with Gasteiger partial charge >= 0.3 is 0 Å². The summed E-state index contributed by atoms with van der Waals surface area (Å²) in [7, 11) is 0. The van der Waals surface area contributed by atoms with E-state index >= 15 is 0 Å². The fraction of sp³-hybridized carbons (Fsp3) is 0.400. The smallest absolute Gasteiger partial charge is 0.162 e. The maximum absolute atomic E-state index is 11.8. The third-order valence-corrected chi connectivity index (χ3v) is 2.93. The van der Waals surface area contributed by atoms with E-state index in [1.807, 2.05) is 12.2 Å². The van der Waals surface area contributed by atoms with E-state index in [1.54, 1.807) is 6.08 Å². The summed E-state index contributed by atoms with van der Waals surface area (Å²) in [5.74, 6) is 0.480. The maximum atomic E-state index is 11.8. The second-order valence-corrected chi connectivity index (χ2v) is 4.45. The van der Waals surface area contributed by atoms with Gasteiger partial charge < -0.3 is 5.11 Å². The van der Waals surface area contributed by atoms with Crippen molar-refractivity contribution in [3.05, 3.63) is 48.8 Å². The van der Waals surface area contributed by atoms with Crippen molar-refractivity contribution in [3.63, 3.8) is 0 Å². The van der Waals surface area contributed by atoms with Crippen LogP contribution in [0.2, 0.25) is 0 Å². The summed E-state index contributed by atoms with van der Waals surface area (Å²) >= 11 is 0. The van der Waals surface area contributed by atoms with Crippen LogP contribution in [0, 0.1) is 5.92 Å². The van der Waals surface area contributed by atoms with Crippen LogP contribution in [0.3, 0.4) is 0 Å². The highest BCUT2D eigenvalue weighted by Gasteiger charge is 2.15. The lowest BCUT2D eigenvalue weighted by Crippen LogP contribution is -2.08. The molecule has 17 heavy (non-hydrogen) atoms. The standard InChI is InChI=1S/C15H20O2/c1-3-4-5-7-13-8-6-9-14(16)10-12(2)15(17)11-13/h3,6,9-10,13,16H,1-2,4-5,7-8,11H2/b9-6-,14-10+. The molecular weight excluding hydrogens is 212 g/mol. The number of unbranched alkanes of at least 4 members (excludes halogenated alkanes) is 1. The van der Waals surface area contributed by atoms with E-state index in [2.05, 4.69) is 13.2 Å². The van der Waals surface area contributed by atoms with Gasteiger partial charge in [-0.15, -0.1) is 6.58 Å². The quantitative estimate of drug-likeness (QED) is 0.454. The summed E-state index contributed by atoms with van der Waals surface area (Å²) in [5, 5.41) is 9.48. The molecule has 0 aliphatic heterocycles.